The van der Waals surface area contributed by atoms with Crippen LogP contribution in [-0.4, -0.2) is 62.7 Å². The van der Waals surface area contributed by atoms with Crippen molar-refractivity contribution in [3.05, 3.63) is 0 Å². The first-order valence-corrected chi connectivity index (χ1v) is 5.57. The number of hydrogen-bond acceptors (Lipinski definition) is 6. The van der Waals surface area contributed by atoms with Gasteiger partial charge in [-0.15, -0.1) is 0 Å². The number of aliphatic hydroxyl groups excluding tert-OH is 3. The fraction of sp³-hybridized carbons (Fsp3) is 1.00. The number of aliphatic hydroxyl groups is 3. The van der Waals surface area contributed by atoms with Gasteiger partial charge < -0.3 is 29.8 Å². The Morgan fingerprint density at radius 3 is 2.47 bits per heavy atom. The molecule has 15 heavy (non-hydrogen) atoms. The molecule has 0 aromatic heterocycles. The summed E-state index contributed by atoms with van der Waals surface area (Å²) in [7, 11) is -4.75. The smallest absolute Gasteiger partial charge is 0.388 e. The van der Waals surface area contributed by atoms with Gasteiger partial charge in [0.15, 0.2) is 0 Å². The topological polar surface area (TPSA) is 140 Å². The van der Waals surface area contributed by atoms with Crippen LogP contribution < -0.4 is 0 Å². The van der Waals surface area contributed by atoms with E-state index in [0.29, 0.717) is 0 Å². The van der Waals surface area contributed by atoms with E-state index < -0.39 is 38.8 Å². The molecule has 0 radical (unpaired) electrons. The minimum Gasteiger partial charge on any atom is -0.388 e. The van der Waals surface area contributed by atoms with Crippen molar-refractivity contribution in [2.75, 3.05) is 13.2 Å². The Labute approximate surface area is 86.7 Å². The lowest BCUT2D eigenvalue weighted by Gasteiger charge is -2.21. The van der Waals surface area contributed by atoms with E-state index in [-0.39, 0.29) is 6.61 Å². The Bertz CT molecular complexity index is 288. The molecule has 1 rings (SSSR count). The molecule has 0 aliphatic carbocycles. The van der Waals surface area contributed by atoms with Gasteiger partial charge in [0.1, 0.15) is 24.4 Å². The second-order valence-electron chi connectivity index (χ2n) is 3.04. The molecule has 0 spiro atoms. The second kappa shape index (κ2) is 4.86. The van der Waals surface area contributed by atoms with Crippen LogP contribution in [-0.2, 0) is 13.8 Å². The molecular weight excluding hydrogens is 231 g/mol. The van der Waals surface area contributed by atoms with Crippen LogP contribution in [0.1, 0.15) is 1.37 Å². The van der Waals surface area contributed by atoms with Gasteiger partial charge in [-0.2, -0.15) is 0 Å². The molecule has 0 aromatic rings. The number of phosphoric ester groups is 1. The predicted molar refractivity (Wildman–Crippen MR) is 45.8 cm³/mol. The van der Waals surface area contributed by atoms with E-state index >= 15 is 0 Å². The van der Waals surface area contributed by atoms with Crippen molar-refractivity contribution in [3.8, 4) is 0 Å². The van der Waals surface area contributed by atoms with E-state index in [1.807, 2.05) is 0 Å². The Balaban J connectivity index is 2.41. The maximum Gasteiger partial charge on any atom is 0.469 e. The average Bonchev–Trinajstić information content (AvgIpc) is 2.90. The van der Waals surface area contributed by atoms with E-state index in [4.69, 9.17) is 11.2 Å². The van der Waals surface area contributed by atoms with Crippen LogP contribution in [0.4, 0.5) is 0 Å². The highest BCUT2D eigenvalue weighted by Crippen LogP contribution is 2.36. The lowest BCUT2D eigenvalue weighted by Crippen LogP contribution is -2.42. The monoisotopic (exact) mass is 246 g/mol. The van der Waals surface area contributed by atoms with Crippen molar-refractivity contribution in [3.63, 3.8) is 0 Å². The zero-order valence-electron chi connectivity index (χ0n) is 8.55. The maximum absolute atomic E-state index is 10.3. The van der Waals surface area contributed by atoms with Crippen molar-refractivity contribution in [1.29, 1.82) is 0 Å². The molecule has 0 amide bonds. The van der Waals surface area contributed by atoms with Gasteiger partial charge in [0.25, 0.3) is 0 Å². The number of epoxide rings is 1. The molecule has 1 heterocycles. The fourth-order valence-corrected chi connectivity index (χ4v) is 1.23. The normalized spacial score (nSPS) is 33.0. The fourth-order valence-electron chi connectivity index (χ4n) is 0.885. The summed E-state index contributed by atoms with van der Waals surface area (Å²) in [5, 5.41) is 27.9. The van der Waals surface area contributed by atoms with Crippen LogP contribution in [0.15, 0.2) is 0 Å². The molecule has 0 saturated carbocycles. The number of rotatable bonds is 6. The van der Waals surface area contributed by atoms with Crippen molar-refractivity contribution in [2.45, 2.75) is 24.4 Å². The summed E-state index contributed by atoms with van der Waals surface area (Å²) in [6, 6.07) is 0. The molecule has 1 aliphatic heterocycles. The highest BCUT2D eigenvalue weighted by atomic mass is 31.2. The highest BCUT2D eigenvalue weighted by Gasteiger charge is 2.39. The van der Waals surface area contributed by atoms with Gasteiger partial charge in [0.05, 0.1) is 14.6 Å². The lowest BCUT2D eigenvalue weighted by molar-refractivity contribution is -0.0821. The highest BCUT2D eigenvalue weighted by molar-refractivity contribution is 7.46. The van der Waals surface area contributed by atoms with Gasteiger partial charge in [-0.05, 0) is 0 Å². The summed E-state index contributed by atoms with van der Waals surface area (Å²) in [5.41, 5.74) is 0. The summed E-state index contributed by atoms with van der Waals surface area (Å²) in [5.74, 6) is 0. The quantitative estimate of drug-likeness (QED) is 0.257. The Morgan fingerprint density at radius 1 is 1.53 bits per heavy atom. The summed E-state index contributed by atoms with van der Waals surface area (Å²) in [6.45, 7) is -0.949. The number of hydrogen-bond donors (Lipinski definition) is 5. The van der Waals surface area contributed by atoms with Gasteiger partial charge >= 0.3 is 7.82 Å². The number of phosphoric acid groups is 1. The minimum atomic E-state index is -4.75. The molecule has 4 atom stereocenters. The standard InChI is InChI=1S/C6H13O8P/c7-3(1-14-15(10,11)12)5(8)6(9)4-2-13-4/h3-9H,1-2H2,(H2,10,11,12)/t3-,4?,5-,6-/m1/s1/i4T. The summed E-state index contributed by atoms with van der Waals surface area (Å²) in [4.78, 5) is 16.7. The molecule has 90 valence electrons. The van der Waals surface area contributed by atoms with Gasteiger partial charge in [-0.25, -0.2) is 4.57 Å². The van der Waals surface area contributed by atoms with Gasteiger partial charge in [0, 0.05) is 0 Å². The molecular formula is C6H13O8P. The molecule has 1 aliphatic rings. The lowest BCUT2D eigenvalue weighted by atomic mass is 10.1. The van der Waals surface area contributed by atoms with Crippen LogP contribution in [0.3, 0.4) is 0 Å². The Morgan fingerprint density at radius 2 is 2.07 bits per heavy atom. The van der Waals surface area contributed by atoms with E-state index in [1.165, 1.54) is 0 Å². The van der Waals surface area contributed by atoms with Crippen LogP contribution in [0.25, 0.3) is 0 Å². The predicted octanol–water partition coefficient (Wildman–Crippen LogP) is -2.42. The summed E-state index contributed by atoms with van der Waals surface area (Å²) in [6.07, 6.45) is -6.86. The van der Waals surface area contributed by atoms with Crippen LogP contribution >= 0.6 is 7.82 Å². The maximum atomic E-state index is 10.3. The van der Waals surface area contributed by atoms with Gasteiger partial charge in [-0.3, -0.25) is 4.52 Å². The van der Waals surface area contributed by atoms with Crippen LogP contribution in [0.5, 0.6) is 0 Å². The van der Waals surface area contributed by atoms with E-state index in [0.717, 1.165) is 0 Å². The van der Waals surface area contributed by atoms with Crippen LogP contribution in [0, 0.1) is 0 Å². The zero-order chi connectivity index (χ0) is 12.6. The third-order valence-corrected chi connectivity index (χ3v) is 2.26. The van der Waals surface area contributed by atoms with Crippen molar-refractivity contribution < 1.29 is 40.3 Å². The van der Waals surface area contributed by atoms with Crippen molar-refractivity contribution in [2.24, 2.45) is 0 Å². The van der Waals surface area contributed by atoms with Crippen molar-refractivity contribution >= 4 is 7.82 Å². The third kappa shape index (κ3) is 4.54. The van der Waals surface area contributed by atoms with E-state index in [2.05, 4.69) is 9.26 Å². The molecule has 8 nitrogen and oxygen atoms in total. The largest absolute Gasteiger partial charge is 0.469 e. The molecule has 1 saturated heterocycles. The average molecular weight is 246 g/mol. The molecule has 5 N–H and O–H groups in total. The molecule has 1 unspecified atom stereocenters. The first kappa shape index (κ1) is 11.4. The molecule has 9 heteroatoms. The second-order valence-corrected chi connectivity index (χ2v) is 4.28. The molecule has 1 fully saturated rings. The molecule has 0 bridgehead atoms. The SMILES string of the molecule is [3H]C1([C@@H](O)[C@H](O)[C@H](O)COP(=O)(O)O)CO1. The first-order valence-electron chi connectivity index (χ1n) is 4.54. The molecule has 0 aromatic carbocycles. The first-order chi connectivity index (χ1) is 7.16. The third-order valence-electron chi connectivity index (χ3n) is 1.77. The van der Waals surface area contributed by atoms with Gasteiger partial charge in [-0.1, -0.05) is 0 Å². The Hall–Kier alpha value is -0.0500. The summed E-state index contributed by atoms with van der Waals surface area (Å²) >= 11 is 0. The zero-order valence-corrected chi connectivity index (χ0v) is 8.45. The van der Waals surface area contributed by atoms with Gasteiger partial charge in [0.2, 0.25) is 0 Å². The minimum absolute atomic E-state index is 0.0860. The van der Waals surface area contributed by atoms with Crippen molar-refractivity contribution in [1.82, 2.24) is 0 Å². The van der Waals surface area contributed by atoms with E-state index in [9.17, 15) is 19.9 Å². The Kier molecular flexibility index (Phi) is 3.70. The number of ether oxygens (including phenoxy) is 1. The van der Waals surface area contributed by atoms with Crippen LogP contribution in [0.2, 0.25) is 0 Å². The summed E-state index contributed by atoms with van der Waals surface area (Å²) < 4.78 is 26.0. The van der Waals surface area contributed by atoms with E-state index in [1.54, 1.807) is 0 Å².